The minimum absolute atomic E-state index is 0.0390. The van der Waals surface area contributed by atoms with E-state index in [1.165, 1.54) is 18.5 Å². The highest BCUT2D eigenvalue weighted by Crippen LogP contribution is 2.37. The van der Waals surface area contributed by atoms with Crippen LogP contribution in [0.25, 0.3) is 0 Å². The first-order valence-corrected chi connectivity index (χ1v) is 9.03. The van der Waals surface area contributed by atoms with E-state index in [9.17, 15) is 4.79 Å². The highest BCUT2D eigenvalue weighted by atomic mass is 35.5. The Labute approximate surface area is 158 Å². The van der Waals surface area contributed by atoms with Crippen LogP contribution < -0.4 is 14.8 Å². The molecule has 2 amide bonds. The summed E-state index contributed by atoms with van der Waals surface area (Å²) in [5.41, 5.74) is 2.92. The molecule has 26 heavy (non-hydrogen) atoms. The lowest BCUT2D eigenvalue weighted by atomic mass is 10.1. The molecule has 3 rings (SSSR count). The second-order valence-electron chi connectivity index (χ2n) is 6.29. The Balaban J connectivity index is 1.85. The van der Waals surface area contributed by atoms with Crippen LogP contribution in [0.2, 0.25) is 5.02 Å². The number of nitrogens with one attached hydrogen (secondary N) is 1. The van der Waals surface area contributed by atoms with Crippen molar-refractivity contribution < 1.29 is 14.3 Å². The van der Waals surface area contributed by atoms with Gasteiger partial charge in [-0.1, -0.05) is 18.5 Å². The predicted molar refractivity (Wildman–Crippen MR) is 102 cm³/mol. The van der Waals surface area contributed by atoms with Crippen molar-refractivity contribution in [1.82, 2.24) is 9.47 Å². The number of nitrogens with zero attached hydrogens (tertiary/aromatic N) is 2. The molecular formula is C19H24ClN3O3. The highest BCUT2D eigenvalue weighted by Gasteiger charge is 2.31. The molecule has 1 N–H and O–H groups in total. The van der Waals surface area contributed by atoms with Gasteiger partial charge >= 0.3 is 6.03 Å². The average molecular weight is 378 g/mol. The van der Waals surface area contributed by atoms with E-state index in [2.05, 4.69) is 35.9 Å². The van der Waals surface area contributed by atoms with E-state index >= 15 is 0 Å². The van der Waals surface area contributed by atoms with E-state index in [1.54, 1.807) is 19.2 Å². The number of methoxy groups -OCH3 is 2. The summed E-state index contributed by atoms with van der Waals surface area (Å²) in [6.07, 6.45) is 0.845. The number of aryl methyl sites for hydroxylation is 1. The molecule has 2 aromatic rings. The van der Waals surface area contributed by atoms with Gasteiger partial charge < -0.3 is 24.3 Å². The van der Waals surface area contributed by atoms with Crippen molar-refractivity contribution in [2.45, 2.75) is 32.9 Å². The van der Waals surface area contributed by atoms with Crippen molar-refractivity contribution in [3.8, 4) is 11.5 Å². The van der Waals surface area contributed by atoms with Crippen LogP contribution in [0.3, 0.4) is 0 Å². The number of urea groups is 1. The average Bonchev–Trinajstić information content (AvgIpc) is 3.02. The molecule has 1 aromatic heterocycles. The molecule has 0 saturated carbocycles. The van der Waals surface area contributed by atoms with Gasteiger partial charge in [-0.05, 0) is 31.5 Å². The molecule has 6 nitrogen and oxygen atoms in total. The zero-order valence-corrected chi connectivity index (χ0v) is 16.3. The fourth-order valence-electron chi connectivity index (χ4n) is 3.53. The normalized spacial score (nSPS) is 16.2. The first-order valence-electron chi connectivity index (χ1n) is 8.65. The minimum Gasteiger partial charge on any atom is -0.495 e. The van der Waals surface area contributed by atoms with Crippen molar-refractivity contribution >= 4 is 23.3 Å². The molecule has 0 unspecified atom stereocenters. The van der Waals surface area contributed by atoms with Gasteiger partial charge in [-0.3, -0.25) is 0 Å². The van der Waals surface area contributed by atoms with Gasteiger partial charge in [0, 0.05) is 30.5 Å². The summed E-state index contributed by atoms with van der Waals surface area (Å²) >= 11 is 6.20. The van der Waals surface area contributed by atoms with Crippen LogP contribution in [-0.2, 0) is 6.54 Å². The molecule has 0 saturated heterocycles. The standard InChI is InChI=1S/C19H24ClN3O3/c1-5-15-16-7-6-12(2)22(16)8-9-23(15)19(24)21-14-10-13(20)17(25-3)11-18(14)26-4/h6-7,10-11,15H,5,8-9H2,1-4H3,(H,21,24)/t15-/m1/s1. The molecule has 0 bridgehead atoms. The number of ether oxygens (including phenoxy) is 2. The van der Waals surface area contributed by atoms with Gasteiger partial charge in [0.1, 0.15) is 11.5 Å². The van der Waals surface area contributed by atoms with E-state index in [1.807, 2.05) is 4.90 Å². The second-order valence-corrected chi connectivity index (χ2v) is 6.69. The first-order chi connectivity index (χ1) is 12.5. The number of hydrogen-bond acceptors (Lipinski definition) is 3. The zero-order valence-electron chi connectivity index (χ0n) is 15.5. The van der Waals surface area contributed by atoms with Gasteiger partial charge in [0.2, 0.25) is 0 Å². The molecule has 1 aliphatic rings. The fourth-order valence-corrected chi connectivity index (χ4v) is 3.77. The lowest BCUT2D eigenvalue weighted by molar-refractivity contribution is 0.165. The molecule has 0 spiro atoms. The number of rotatable bonds is 4. The Bertz CT molecular complexity index is 819. The number of fused-ring (bicyclic) bond motifs is 1. The van der Waals surface area contributed by atoms with Crippen molar-refractivity contribution in [3.05, 3.63) is 40.7 Å². The van der Waals surface area contributed by atoms with Crippen molar-refractivity contribution in [3.63, 3.8) is 0 Å². The lowest BCUT2D eigenvalue weighted by Crippen LogP contribution is -2.44. The summed E-state index contributed by atoms with van der Waals surface area (Å²) in [6.45, 7) is 5.63. The smallest absolute Gasteiger partial charge is 0.322 e. The number of amides is 2. The van der Waals surface area contributed by atoms with E-state index in [0.29, 0.717) is 28.8 Å². The van der Waals surface area contributed by atoms with E-state index in [0.717, 1.165) is 13.0 Å². The van der Waals surface area contributed by atoms with Gasteiger partial charge in [0.15, 0.2) is 0 Å². The van der Waals surface area contributed by atoms with E-state index < -0.39 is 0 Å². The van der Waals surface area contributed by atoms with Crippen LogP contribution in [-0.4, -0.2) is 36.3 Å². The molecule has 2 heterocycles. The molecule has 140 valence electrons. The summed E-state index contributed by atoms with van der Waals surface area (Å²) in [6, 6.07) is 7.40. The Kier molecular flexibility index (Phi) is 5.32. The summed E-state index contributed by atoms with van der Waals surface area (Å²) in [5.74, 6) is 1.00. The van der Waals surface area contributed by atoms with Gasteiger partial charge in [-0.25, -0.2) is 4.79 Å². The molecule has 0 radical (unpaired) electrons. The van der Waals surface area contributed by atoms with Crippen LogP contribution in [0.5, 0.6) is 11.5 Å². The van der Waals surface area contributed by atoms with E-state index in [-0.39, 0.29) is 12.1 Å². The quantitative estimate of drug-likeness (QED) is 0.855. The minimum atomic E-state index is -0.165. The third-order valence-corrected chi connectivity index (χ3v) is 5.17. The van der Waals surface area contributed by atoms with Crippen LogP contribution in [0.1, 0.15) is 30.8 Å². The SMILES string of the molecule is CC[C@@H]1c2ccc(C)n2CCN1C(=O)Nc1cc(Cl)c(OC)cc1OC. The summed E-state index contributed by atoms with van der Waals surface area (Å²) in [4.78, 5) is 14.8. The Morgan fingerprint density at radius 1 is 1.23 bits per heavy atom. The van der Waals surface area contributed by atoms with Crippen LogP contribution in [0, 0.1) is 6.92 Å². The molecule has 0 aliphatic carbocycles. The number of hydrogen-bond donors (Lipinski definition) is 1. The molecular weight excluding hydrogens is 354 g/mol. The Morgan fingerprint density at radius 3 is 2.62 bits per heavy atom. The van der Waals surface area contributed by atoms with Gasteiger partial charge in [0.25, 0.3) is 0 Å². The maximum Gasteiger partial charge on any atom is 0.322 e. The number of benzene rings is 1. The topological polar surface area (TPSA) is 55.7 Å². The second kappa shape index (κ2) is 7.50. The summed E-state index contributed by atoms with van der Waals surface area (Å²) < 4.78 is 12.9. The third-order valence-electron chi connectivity index (χ3n) is 4.88. The number of carbonyl (C=O) groups excluding carboxylic acids is 1. The van der Waals surface area contributed by atoms with Gasteiger partial charge in [-0.15, -0.1) is 0 Å². The highest BCUT2D eigenvalue weighted by molar-refractivity contribution is 6.32. The van der Waals surface area contributed by atoms with Gasteiger partial charge in [0.05, 0.1) is 31.0 Å². The number of carbonyl (C=O) groups is 1. The van der Waals surface area contributed by atoms with E-state index in [4.69, 9.17) is 21.1 Å². The molecule has 1 atom stereocenters. The van der Waals surface area contributed by atoms with Crippen LogP contribution in [0.4, 0.5) is 10.5 Å². The zero-order chi connectivity index (χ0) is 18.8. The van der Waals surface area contributed by atoms with Crippen molar-refractivity contribution in [2.75, 3.05) is 26.1 Å². The molecule has 1 aliphatic heterocycles. The Hall–Kier alpha value is -2.34. The molecule has 1 aromatic carbocycles. The first kappa shape index (κ1) is 18.5. The maximum atomic E-state index is 13.0. The number of halogens is 1. The Morgan fingerprint density at radius 2 is 1.96 bits per heavy atom. The maximum absolute atomic E-state index is 13.0. The van der Waals surface area contributed by atoms with Crippen molar-refractivity contribution in [1.29, 1.82) is 0 Å². The summed E-state index contributed by atoms with van der Waals surface area (Å²) in [7, 11) is 3.08. The van der Waals surface area contributed by atoms with Crippen LogP contribution >= 0.6 is 11.6 Å². The molecule has 0 fully saturated rings. The third kappa shape index (κ3) is 3.21. The fraction of sp³-hybridized carbons (Fsp3) is 0.421. The van der Waals surface area contributed by atoms with Gasteiger partial charge in [-0.2, -0.15) is 0 Å². The number of aromatic nitrogens is 1. The predicted octanol–water partition coefficient (Wildman–Crippen LogP) is 4.47. The lowest BCUT2D eigenvalue weighted by Gasteiger charge is -2.37. The number of anilines is 1. The summed E-state index contributed by atoms with van der Waals surface area (Å²) in [5, 5.41) is 3.35. The van der Waals surface area contributed by atoms with Crippen LogP contribution in [0.15, 0.2) is 24.3 Å². The largest absolute Gasteiger partial charge is 0.495 e. The van der Waals surface area contributed by atoms with Crippen molar-refractivity contribution in [2.24, 2.45) is 0 Å². The molecule has 7 heteroatoms. The monoisotopic (exact) mass is 377 g/mol.